The van der Waals surface area contributed by atoms with E-state index in [2.05, 4.69) is 0 Å². The number of aliphatic hydroxyl groups excluding tert-OH is 1. The summed E-state index contributed by atoms with van der Waals surface area (Å²) in [5, 5.41) is 8.38. The lowest BCUT2D eigenvalue weighted by molar-refractivity contribution is -0.140. The lowest BCUT2D eigenvalue weighted by atomic mass is 10.00. The summed E-state index contributed by atoms with van der Waals surface area (Å²) in [6.45, 7) is -1.59. The van der Waals surface area contributed by atoms with Crippen LogP contribution in [0.5, 0.6) is 0 Å². The van der Waals surface area contributed by atoms with E-state index in [-0.39, 0.29) is 6.07 Å². The molecule has 0 bridgehead atoms. The zero-order valence-electron chi connectivity index (χ0n) is 8.81. The van der Waals surface area contributed by atoms with E-state index in [1.165, 1.54) is 0 Å². The van der Waals surface area contributed by atoms with Gasteiger partial charge in [-0.15, -0.1) is 0 Å². The Morgan fingerprint density at radius 2 is 1.72 bits per heavy atom. The molecule has 0 amide bonds. The van der Waals surface area contributed by atoms with Gasteiger partial charge in [0.15, 0.2) is 0 Å². The topological polar surface area (TPSA) is 46.2 Å². The lowest BCUT2D eigenvalue weighted by Crippen LogP contribution is -2.36. The first kappa shape index (κ1) is 14.8. The van der Waals surface area contributed by atoms with E-state index >= 15 is 0 Å². The molecule has 8 heteroatoms. The minimum Gasteiger partial charge on any atom is -0.390 e. The van der Waals surface area contributed by atoms with E-state index < -0.39 is 41.7 Å². The molecule has 0 spiro atoms. The van der Waals surface area contributed by atoms with Crippen molar-refractivity contribution in [3.63, 3.8) is 0 Å². The van der Waals surface area contributed by atoms with Crippen LogP contribution in [0.15, 0.2) is 18.2 Å². The molecule has 3 N–H and O–H groups in total. The Balaban J connectivity index is 3.13. The quantitative estimate of drug-likeness (QED) is 0.831. The second-order valence-electron chi connectivity index (χ2n) is 3.63. The van der Waals surface area contributed by atoms with Crippen LogP contribution in [0.3, 0.4) is 0 Å². The van der Waals surface area contributed by atoms with Crippen LogP contribution in [0, 0.1) is 5.82 Å². The molecule has 0 radical (unpaired) electrons. The van der Waals surface area contributed by atoms with Crippen molar-refractivity contribution in [2.75, 3.05) is 6.61 Å². The number of halogens is 6. The van der Waals surface area contributed by atoms with Crippen LogP contribution < -0.4 is 5.73 Å². The Hall–Kier alpha value is -1.28. The monoisotopic (exact) mass is 273 g/mol. The number of alkyl halides is 5. The molecule has 1 aromatic carbocycles. The first-order chi connectivity index (χ1) is 8.09. The van der Waals surface area contributed by atoms with E-state index in [0.29, 0.717) is 12.1 Å². The van der Waals surface area contributed by atoms with Crippen LogP contribution in [-0.4, -0.2) is 17.6 Å². The number of hydrogen-bond acceptors (Lipinski definition) is 2. The third kappa shape index (κ3) is 2.94. The van der Waals surface area contributed by atoms with Crippen molar-refractivity contribution in [3.05, 3.63) is 35.1 Å². The van der Waals surface area contributed by atoms with Crippen molar-refractivity contribution in [1.82, 2.24) is 0 Å². The average Bonchev–Trinajstić information content (AvgIpc) is 2.26. The van der Waals surface area contributed by atoms with Crippen LogP contribution in [-0.2, 0) is 6.18 Å². The van der Waals surface area contributed by atoms with Crippen molar-refractivity contribution in [3.8, 4) is 0 Å². The maximum Gasteiger partial charge on any atom is 0.419 e. The molecule has 1 rings (SSSR count). The highest BCUT2D eigenvalue weighted by molar-refractivity contribution is 5.29. The molecule has 18 heavy (non-hydrogen) atoms. The molecule has 0 aliphatic carbocycles. The number of rotatable bonds is 3. The van der Waals surface area contributed by atoms with E-state index in [0.717, 1.165) is 0 Å². The second kappa shape index (κ2) is 4.77. The molecule has 0 fully saturated rings. The fourth-order valence-corrected chi connectivity index (χ4v) is 1.30. The molecule has 0 heterocycles. The minimum absolute atomic E-state index is 0.289. The fraction of sp³-hybridized carbons (Fsp3) is 0.400. The van der Waals surface area contributed by atoms with Gasteiger partial charge in [0.05, 0.1) is 11.6 Å². The Morgan fingerprint density at radius 3 is 2.11 bits per heavy atom. The Bertz CT molecular complexity index is 431. The zero-order chi connectivity index (χ0) is 14.1. The van der Waals surface area contributed by atoms with Crippen molar-refractivity contribution in [2.45, 2.75) is 18.1 Å². The summed E-state index contributed by atoms with van der Waals surface area (Å²) in [6, 6.07) is -0.811. The molecule has 0 aromatic heterocycles. The molecule has 0 aliphatic rings. The largest absolute Gasteiger partial charge is 0.419 e. The molecule has 0 saturated heterocycles. The number of benzene rings is 1. The van der Waals surface area contributed by atoms with Crippen LogP contribution in [0.25, 0.3) is 0 Å². The molecule has 1 atom stereocenters. The summed E-state index contributed by atoms with van der Waals surface area (Å²) in [7, 11) is 0. The van der Waals surface area contributed by atoms with E-state index in [1.807, 2.05) is 0 Å². The molecule has 0 aliphatic heterocycles. The van der Waals surface area contributed by atoms with Gasteiger partial charge in [0, 0.05) is 0 Å². The predicted molar refractivity (Wildman–Crippen MR) is 50.4 cm³/mol. The maximum atomic E-state index is 13.1. The number of nitrogens with two attached hydrogens (primary N) is 1. The highest BCUT2D eigenvalue weighted by atomic mass is 19.4. The number of aliphatic hydroxyl groups is 1. The summed E-state index contributed by atoms with van der Waals surface area (Å²) in [5.41, 5.74) is 2.96. The van der Waals surface area contributed by atoms with Crippen molar-refractivity contribution < 1.29 is 31.4 Å². The molecule has 2 nitrogen and oxygen atoms in total. The van der Waals surface area contributed by atoms with Gasteiger partial charge in [-0.2, -0.15) is 13.2 Å². The van der Waals surface area contributed by atoms with E-state index in [9.17, 15) is 26.3 Å². The molecular formula is C10H9F6NO. The zero-order valence-corrected chi connectivity index (χ0v) is 8.81. The molecule has 0 unspecified atom stereocenters. The normalized spacial score (nSPS) is 14.7. The third-order valence-electron chi connectivity index (χ3n) is 2.32. The Labute approximate surface area is 98.0 Å². The lowest BCUT2D eigenvalue weighted by Gasteiger charge is -2.22. The van der Waals surface area contributed by atoms with Crippen molar-refractivity contribution in [1.29, 1.82) is 0 Å². The minimum atomic E-state index is -4.91. The smallest absolute Gasteiger partial charge is 0.390 e. The third-order valence-corrected chi connectivity index (χ3v) is 2.32. The highest BCUT2D eigenvalue weighted by Crippen LogP contribution is 2.34. The Morgan fingerprint density at radius 1 is 1.17 bits per heavy atom. The van der Waals surface area contributed by atoms with Gasteiger partial charge in [-0.25, -0.2) is 13.2 Å². The van der Waals surface area contributed by atoms with Gasteiger partial charge in [0.1, 0.15) is 12.4 Å². The van der Waals surface area contributed by atoms with Crippen LogP contribution in [0.2, 0.25) is 0 Å². The SMILES string of the molecule is N[C@@H](c1ccc(C(F)(F)F)c(F)c1)C(F)(F)CO. The van der Waals surface area contributed by atoms with E-state index in [1.54, 1.807) is 0 Å². The van der Waals surface area contributed by atoms with Gasteiger partial charge in [-0.05, 0) is 17.7 Å². The van der Waals surface area contributed by atoms with E-state index in [4.69, 9.17) is 10.8 Å². The number of hydrogen-bond donors (Lipinski definition) is 2. The van der Waals surface area contributed by atoms with Gasteiger partial charge >= 0.3 is 6.18 Å². The average molecular weight is 273 g/mol. The summed E-state index contributed by atoms with van der Waals surface area (Å²) >= 11 is 0. The standard InChI is InChI=1S/C10H9F6NO/c11-7-3-5(8(17)9(12,13)4-18)1-2-6(7)10(14,15)16/h1-3,8,18H,4,17H2/t8-/m0/s1. The second-order valence-corrected chi connectivity index (χ2v) is 3.63. The van der Waals surface area contributed by atoms with Gasteiger partial charge in [-0.1, -0.05) is 6.07 Å². The van der Waals surface area contributed by atoms with Gasteiger partial charge in [0.2, 0.25) is 0 Å². The molecule has 102 valence electrons. The van der Waals surface area contributed by atoms with Crippen LogP contribution >= 0.6 is 0 Å². The van der Waals surface area contributed by atoms with Gasteiger partial charge in [-0.3, -0.25) is 0 Å². The summed E-state index contributed by atoms with van der Waals surface area (Å²) in [6.07, 6.45) is -4.91. The highest BCUT2D eigenvalue weighted by Gasteiger charge is 2.39. The Kier molecular flexibility index (Phi) is 3.92. The fourth-order valence-electron chi connectivity index (χ4n) is 1.30. The first-order valence-electron chi connectivity index (χ1n) is 4.70. The summed E-state index contributed by atoms with van der Waals surface area (Å²) in [5.74, 6) is -5.43. The predicted octanol–water partition coefficient (Wildman–Crippen LogP) is 2.47. The first-order valence-corrected chi connectivity index (χ1v) is 4.70. The van der Waals surface area contributed by atoms with Gasteiger partial charge in [0.25, 0.3) is 5.92 Å². The van der Waals surface area contributed by atoms with Crippen LogP contribution in [0.1, 0.15) is 17.2 Å². The summed E-state index contributed by atoms with van der Waals surface area (Å²) < 4.78 is 75.7. The molecular weight excluding hydrogens is 264 g/mol. The van der Waals surface area contributed by atoms with Crippen LogP contribution in [0.4, 0.5) is 26.3 Å². The molecule has 0 saturated carbocycles. The van der Waals surface area contributed by atoms with Gasteiger partial charge < -0.3 is 10.8 Å². The molecule has 1 aromatic rings. The van der Waals surface area contributed by atoms with Crippen molar-refractivity contribution in [2.24, 2.45) is 5.73 Å². The van der Waals surface area contributed by atoms with Crippen molar-refractivity contribution >= 4 is 0 Å². The maximum absolute atomic E-state index is 13.1. The summed E-state index contributed by atoms with van der Waals surface area (Å²) in [4.78, 5) is 0.